The second kappa shape index (κ2) is 7.91. The summed E-state index contributed by atoms with van der Waals surface area (Å²) in [5.41, 5.74) is 1.51. The Morgan fingerprint density at radius 2 is 1.96 bits per heavy atom. The molecular formula is C20H21NO5. The van der Waals surface area contributed by atoms with E-state index < -0.39 is 11.9 Å². The van der Waals surface area contributed by atoms with Crippen molar-refractivity contribution in [1.29, 1.82) is 0 Å². The summed E-state index contributed by atoms with van der Waals surface area (Å²) in [4.78, 5) is 24.9. The first-order chi connectivity index (χ1) is 12.5. The van der Waals surface area contributed by atoms with Crippen LogP contribution in [0.25, 0.3) is 0 Å². The van der Waals surface area contributed by atoms with E-state index >= 15 is 0 Å². The van der Waals surface area contributed by atoms with Gasteiger partial charge in [-0.1, -0.05) is 31.2 Å². The van der Waals surface area contributed by atoms with Crippen LogP contribution in [0.4, 0.5) is 0 Å². The lowest BCUT2D eigenvalue weighted by molar-refractivity contribution is -0.141. The quantitative estimate of drug-likeness (QED) is 0.826. The van der Waals surface area contributed by atoms with Gasteiger partial charge in [0.25, 0.3) is 5.91 Å². The fraction of sp³-hybridized carbons (Fsp3) is 0.300. The highest BCUT2D eigenvalue weighted by Gasteiger charge is 2.24. The van der Waals surface area contributed by atoms with Gasteiger partial charge in [0.1, 0.15) is 18.1 Å². The molecule has 1 N–H and O–H groups in total. The van der Waals surface area contributed by atoms with Gasteiger partial charge in [0, 0.05) is 0 Å². The molecule has 0 fully saturated rings. The summed E-state index contributed by atoms with van der Waals surface area (Å²) >= 11 is 0. The molecule has 1 atom stereocenters. The van der Waals surface area contributed by atoms with Gasteiger partial charge in [-0.25, -0.2) is 0 Å². The SMILES string of the molecule is C[C@@H](Cc1ccc(OCCN2COc3ccccc3C2=O)cc1)C(=O)O. The maximum atomic E-state index is 12.4. The van der Waals surface area contributed by atoms with E-state index in [2.05, 4.69) is 0 Å². The summed E-state index contributed by atoms with van der Waals surface area (Å²) in [6.07, 6.45) is 0.481. The lowest BCUT2D eigenvalue weighted by Crippen LogP contribution is -2.40. The number of carboxylic acid groups (broad SMARTS) is 1. The van der Waals surface area contributed by atoms with Crippen LogP contribution in [0.1, 0.15) is 22.8 Å². The van der Waals surface area contributed by atoms with Crippen LogP contribution in [0.2, 0.25) is 0 Å². The first-order valence-corrected chi connectivity index (χ1v) is 8.50. The van der Waals surface area contributed by atoms with E-state index in [-0.39, 0.29) is 12.6 Å². The third-order valence-electron chi connectivity index (χ3n) is 4.30. The number of carbonyl (C=O) groups excluding carboxylic acids is 1. The van der Waals surface area contributed by atoms with Crippen molar-refractivity contribution in [2.75, 3.05) is 19.9 Å². The molecule has 0 saturated carbocycles. The smallest absolute Gasteiger partial charge is 0.306 e. The average molecular weight is 355 g/mol. The van der Waals surface area contributed by atoms with E-state index in [4.69, 9.17) is 14.6 Å². The van der Waals surface area contributed by atoms with Crippen molar-refractivity contribution < 1.29 is 24.2 Å². The Balaban J connectivity index is 1.49. The number of ether oxygens (including phenoxy) is 2. The van der Waals surface area contributed by atoms with Crippen molar-refractivity contribution >= 4 is 11.9 Å². The molecule has 6 nitrogen and oxygen atoms in total. The Kier molecular flexibility index (Phi) is 5.41. The molecule has 2 aromatic carbocycles. The van der Waals surface area contributed by atoms with Gasteiger partial charge in [-0.3, -0.25) is 9.59 Å². The summed E-state index contributed by atoms with van der Waals surface area (Å²) in [7, 11) is 0. The molecule has 0 unspecified atom stereocenters. The number of carboxylic acids is 1. The molecule has 136 valence electrons. The number of aliphatic carboxylic acids is 1. The predicted molar refractivity (Wildman–Crippen MR) is 95.4 cm³/mol. The molecule has 26 heavy (non-hydrogen) atoms. The average Bonchev–Trinajstić information content (AvgIpc) is 2.65. The Labute approximate surface area is 152 Å². The molecule has 1 aliphatic heterocycles. The number of amides is 1. The Morgan fingerprint density at radius 1 is 1.23 bits per heavy atom. The highest BCUT2D eigenvalue weighted by atomic mass is 16.5. The molecule has 1 amide bonds. The van der Waals surface area contributed by atoms with Gasteiger partial charge in [0.05, 0.1) is 18.0 Å². The number of hydrogen-bond donors (Lipinski definition) is 1. The van der Waals surface area contributed by atoms with E-state index in [0.29, 0.717) is 36.6 Å². The lowest BCUT2D eigenvalue weighted by atomic mass is 10.0. The van der Waals surface area contributed by atoms with Crippen LogP contribution >= 0.6 is 0 Å². The Bertz CT molecular complexity index is 787. The molecule has 2 aromatic rings. The number of para-hydroxylation sites is 1. The Morgan fingerprint density at radius 3 is 2.69 bits per heavy atom. The third-order valence-corrected chi connectivity index (χ3v) is 4.30. The van der Waals surface area contributed by atoms with E-state index in [1.807, 2.05) is 36.4 Å². The van der Waals surface area contributed by atoms with E-state index in [1.165, 1.54) is 0 Å². The lowest BCUT2D eigenvalue weighted by Gasteiger charge is -2.28. The maximum absolute atomic E-state index is 12.4. The number of benzene rings is 2. The summed E-state index contributed by atoms with van der Waals surface area (Å²) in [5, 5.41) is 8.95. The van der Waals surface area contributed by atoms with Crippen LogP contribution in [0, 0.1) is 5.92 Å². The van der Waals surface area contributed by atoms with E-state index in [9.17, 15) is 9.59 Å². The van der Waals surface area contributed by atoms with Crippen LogP contribution in [0.3, 0.4) is 0 Å². The summed E-state index contributed by atoms with van der Waals surface area (Å²) in [5.74, 6) is 0.00638. The van der Waals surface area contributed by atoms with Crippen LogP contribution < -0.4 is 9.47 Å². The zero-order valence-electron chi connectivity index (χ0n) is 14.6. The Hall–Kier alpha value is -3.02. The predicted octanol–water partition coefficient (Wildman–Crippen LogP) is 2.82. The van der Waals surface area contributed by atoms with Crippen molar-refractivity contribution in [3.05, 3.63) is 59.7 Å². The van der Waals surface area contributed by atoms with Gasteiger partial charge >= 0.3 is 5.97 Å². The molecule has 0 aliphatic carbocycles. The van der Waals surface area contributed by atoms with Crippen LogP contribution in [0.5, 0.6) is 11.5 Å². The minimum absolute atomic E-state index is 0.0616. The summed E-state index contributed by atoms with van der Waals surface area (Å²) < 4.78 is 11.3. The third kappa shape index (κ3) is 4.14. The van der Waals surface area contributed by atoms with Crippen molar-refractivity contribution in [2.45, 2.75) is 13.3 Å². The van der Waals surface area contributed by atoms with Gasteiger partial charge in [0.2, 0.25) is 0 Å². The summed E-state index contributed by atoms with van der Waals surface area (Å²) in [6, 6.07) is 14.5. The van der Waals surface area contributed by atoms with Crippen molar-refractivity contribution in [3.8, 4) is 11.5 Å². The molecule has 0 saturated heterocycles. The van der Waals surface area contributed by atoms with Gasteiger partial charge in [-0.2, -0.15) is 0 Å². The minimum atomic E-state index is -0.805. The minimum Gasteiger partial charge on any atom is -0.492 e. The fourth-order valence-corrected chi connectivity index (χ4v) is 2.75. The largest absolute Gasteiger partial charge is 0.492 e. The highest BCUT2D eigenvalue weighted by Crippen LogP contribution is 2.24. The van der Waals surface area contributed by atoms with Crippen LogP contribution in [-0.2, 0) is 11.2 Å². The van der Waals surface area contributed by atoms with E-state index in [1.54, 1.807) is 24.0 Å². The van der Waals surface area contributed by atoms with Gasteiger partial charge < -0.3 is 19.5 Å². The number of carbonyl (C=O) groups is 2. The highest BCUT2D eigenvalue weighted by molar-refractivity contribution is 5.97. The fourth-order valence-electron chi connectivity index (χ4n) is 2.75. The number of rotatable bonds is 7. The van der Waals surface area contributed by atoms with Crippen molar-refractivity contribution in [1.82, 2.24) is 4.90 Å². The molecule has 0 spiro atoms. The molecular weight excluding hydrogens is 334 g/mol. The molecule has 3 rings (SSSR count). The normalized spacial score (nSPS) is 14.3. The van der Waals surface area contributed by atoms with Crippen molar-refractivity contribution in [3.63, 3.8) is 0 Å². The molecule has 1 aliphatic rings. The van der Waals surface area contributed by atoms with Gasteiger partial charge in [0.15, 0.2) is 6.73 Å². The number of hydrogen-bond acceptors (Lipinski definition) is 4. The van der Waals surface area contributed by atoms with Gasteiger partial charge in [-0.05, 0) is 36.2 Å². The molecule has 6 heteroatoms. The zero-order valence-corrected chi connectivity index (χ0v) is 14.6. The van der Waals surface area contributed by atoms with E-state index in [0.717, 1.165) is 5.56 Å². The zero-order chi connectivity index (χ0) is 18.5. The number of fused-ring (bicyclic) bond motifs is 1. The molecule has 0 aromatic heterocycles. The number of nitrogens with zero attached hydrogens (tertiary/aromatic N) is 1. The maximum Gasteiger partial charge on any atom is 0.306 e. The second-order valence-corrected chi connectivity index (χ2v) is 6.27. The van der Waals surface area contributed by atoms with Crippen LogP contribution in [0.15, 0.2) is 48.5 Å². The van der Waals surface area contributed by atoms with Crippen molar-refractivity contribution in [2.24, 2.45) is 5.92 Å². The summed E-state index contributed by atoms with van der Waals surface area (Å²) in [6.45, 7) is 2.67. The first kappa shape index (κ1) is 17.8. The van der Waals surface area contributed by atoms with Gasteiger partial charge in [-0.15, -0.1) is 0 Å². The second-order valence-electron chi connectivity index (χ2n) is 6.27. The molecule has 0 radical (unpaired) electrons. The van der Waals surface area contributed by atoms with Crippen LogP contribution in [-0.4, -0.2) is 41.8 Å². The molecule has 1 heterocycles. The monoisotopic (exact) mass is 355 g/mol. The standard InChI is InChI=1S/C20H21NO5/c1-14(20(23)24)12-15-6-8-16(9-7-15)25-11-10-21-13-26-18-5-3-2-4-17(18)19(21)22/h2-9,14H,10-13H2,1H3,(H,23,24)/t14-/m0/s1. The first-order valence-electron chi connectivity index (χ1n) is 8.50. The molecule has 0 bridgehead atoms. The topological polar surface area (TPSA) is 76.1 Å².